The molecule has 2 heterocycles. The van der Waals surface area contributed by atoms with E-state index in [1.165, 1.54) is 24.1 Å². The maximum absolute atomic E-state index is 12.6. The Morgan fingerprint density at radius 1 is 1.24 bits per heavy atom. The molecule has 3 nitrogen and oxygen atoms in total. The number of hydrogen-bond donors (Lipinski definition) is 0. The Morgan fingerprint density at radius 2 is 2.00 bits per heavy atom. The lowest BCUT2D eigenvalue weighted by Gasteiger charge is -2.40. The molecule has 0 bridgehead atoms. The van der Waals surface area contributed by atoms with Crippen molar-refractivity contribution >= 4 is 17.2 Å². The van der Waals surface area contributed by atoms with Gasteiger partial charge >= 0.3 is 0 Å². The number of amides is 1. The number of rotatable bonds is 4. The van der Waals surface area contributed by atoms with Gasteiger partial charge in [-0.3, -0.25) is 9.69 Å². The van der Waals surface area contributed by atoms with Crippen LogP contribution in [-0.2, 0) is 24.1 Å². The Labute approximate surface area is 154 Å². The van der Waals surface area contributed by atoms with Crippen molar-refractivity contribution in [1.29, 1.82) is 0 Å². The van der Waals surface area contributed by atoms with Gasteiger partial charge in [0, 0.05) is 25.7 Å². The number of likely N-dealkylation sites (N-methyl/N-ethyl adjacent to an activating group) is 1. The predicted octanol–water partition coefficient (Wildman–Crippen LogP) is 3.38. The first kappa shape index (κ1) is 16.8. The van der Waals surface area contributed by atoms with Gasteiger partial charge in [0.1, 0.15) is 0 Å². The molecule has 132 valence electrons. The molecule has 1 aromatic heterocycles. The summed E-state index contributed by atoms with van der Waals surface area (Å²) < 4.78 is 0. The third-order valence-electron chi connectivity index (χ3n) is 5.85. The molecule has 4 heteroatoms. The number of nitrogens with zero attached hydrogens (tertiary/aromatic N) is 2. The summed E-state index contributed by atoms with van der Waals surface area (Å²) in [5, 5.41) is 4.12. The van der Waals surface area contributed by atoms with Crippen LogP contribution in [0.1, 0.15) is 29.5 Å². The quantitative estimate of drug-likeness (QED) is 0.840. The lowest BCUT2D eigenvalue weighted by Crippen LogP contribution is -2.52. The summed E-state index contributed by atoms with van der Waals surface area (Å²) in [4.78, 5) is 17.3. The van der Waals surface area contributed by atoms with E-state index < -0.39 is 0 Å². The van der Waals surface area contributed by atoms with E-state index in [1.54, 1.807) is 11.3 Å². The van der Waals surface area contributed by atoms with E-state index in [0.717, 1.165) is 31.4 Å². The van der Waals surface area contributed by atoms with Gasteiger partial charge in [-0.2, -0.15) is 11.3 Å². The fourth-order valence-electron chi connectivity index (χ4n) is 4.32. The van der Waals surface area contributed by atoms with E-state index in [1.807, 2.05) is 17.3 Å². The van der Waals surface area contributed by atoms with E-state index in [9.17, 15) is 4.79 Å². The van der Waals surface area contributed by atoms with Crippen LogP contribution in [0.15, 0.2) is 41.1 Å². The molecule has 25 heavy (non-hydrogen) atoms. The molecule has 1 atom stereocenters. The monoisotopic (exact) mass is 354 g/mol. The van der Waals surface area contributed by atoms with Gasteiger partial charge in [-0.25, -0.2) is 0 Å². The Bertz CT molecular complexity index is 702. The van der Waals surface area contributed by atoms with Crippen LogP contribution in [0.5, 0.6) is 0 Å². The molecule has 0 saturated carbocycles. The summed E-state index contributed by atoms with van der Waals surface area (Å²) in [7, 11) is 1.99. The largest absolute Gasteiger partial charge is 0.341 e. The van der Waals surface area contributed by atoms with E-state index >= 15 is 0 Å². The van der Waals surface area contributed by atoms with Crippen molar-refractivity contribution in [2.24, 2.45) is 0 Å². The molecule has 0 spiro atoms. The second-order valence-electron chi connectivity index (χ2n) is 7.43. The number of thiophene rings is 1. The van der Waals surface area contributed by atoms with Gasteiger partial charge in [0.2, 0.25) is 5.91 Å². The number of benzene rings is 1. The average molecular weight is 355 g/mol. The third kappa shape index (κ3) is 3.65. The molecular formula is C21H26N2OS. The predicted molar refractivity (Wildman–Crippen MR) is 103 cm³/mol. The van der Waals surface area contributed by atoms with Crippen molar-refractivity contribution < 1.29 is 4.79 Å². The van der Waals surface area contributed by atoms with Gasteiger partial charge in [-0.1, -0.05) is 24.3 Å². The summed E-state index contributed by atoms with van der Waals surface area (Å²) >= 11 is 1.66. The van der Waals surface area contributed by atoms with Crippen LogP contribution in [0, 0.1) is 0 Å². The van der Waals surface area contributed by atoms with Crippen LogP contribution in [0.25, 0.3) is 0 Å². The van der Waals surface area contributed by atoms with E-state index in [4.69, 9.17) is 0 Å². The highest BCUT2D eigenvalue weighted by atomic mass is 32.1. The summed E-state index contributed by atoms with van der Waals surface area (Å²) in [6, 6.07) is 11.9. The van der Waals surface area contributed by atoms with Crippen molar-refractivity contribution in [2.45, 2.75) is 44.2 Å². The zero-order valence-electron chi connectivity index (χ0n) is 14.9. The van der Waals surface area contributed by atoms with Gasteiger partial charge < -0.3 is 4.90 Å². The molecule has 4 rings (SSSR count). The Balaban J connectivity index is 1.37. The van der Waals surface area contributed by atoms with Crippen molar-refractivity contribution in [3.8, 4) is 0 Å². The maximum Gasteiger partial charge on any atom is 0.227 e. The molecule has 0 unspecified atom stereocenters. The second kappa shape index (κ2) is 7.30. The normalized spacial score (nSPS) is 21.2. The highest BCUT2D eigenvalue weighted by Crippen LogP contribution is 2.28. The van der Waals surface area contributed by atoms with Gasteiger partial charge in [0.15, 0.2) is 0 Å². The number of carbonyl (C=O) groups excluding carboxylic acids is 1. The van der Waals surface area contributed by atoms with Crippen LogP contribution in [0.4, 0.5) is 0 Å². The molecule has 1 aliphatic heterocycles. The molecular weight excluding hydrogens is 328 g/mol. The summed E-state index contributed by atoms with van der Waals surface area (Å²) in [6.07, 6.45) is 5.17. The Kier molecular flexibility index (Phi) is 4.91. The summed E-state index contributed by atoms with van der Waals surface area (Å²) in [5.74, 6) is 0.250. The second-order valence-corrected chi connectivity index (χ2v) is 8.21. The first-order valence-electron chi connectivity index (χ1n) is 9.28. The van der Waals surface area contributed by atoms with E-state index in [-0.39, 0.29) is 5.91 Å². The topological polar surface area (TPSA) is 23.6 Å². The Hall–Kier alpha value is -1.65. The standard InChI is InChI=1S/C21H26N2OS/c1-22(21(24)11-16-8-10-25-15-16)19-7-4-9-23(14-19)20-12-17-5-2-3-6-18(17)13-20/h2-3,5-6,8,10,15,19-20H,4,7,9,11-14H2,1H3/t19-/m0/s1. The third-order valence-corrected chi connectivity index (χ3v) is 6.58. The highest BCUT2D eigenvalue weighted by molar-refractivity contribution is 7.08. The molecule has 1 fully saturated rings. The summed E-state index contributed by atoms with van der Waals surface area (Å²) in [5.41, 5.74) is 4.16. The zero-order chi connectivity index (χ0) is 17.2. The number of likely N-dealkylation sites (tertiary alicyclic amines) is 1. The van der Waals surface area contributed by atoms with Gasteiger partial charge in [0.05, 0.1) is 6.42 Å². The fraction of sp³-hybridized carbons (Fsp3) is 0.476. The molecule has 0 radical (unpaired) electrons. The molecule has 1 amide bonds. The first-order valence-corrected chi connectivity index (χ1v) is 10.2. The Morgan fingerprint density at radius 3 is 2.68 bits per heavy atom. The van der Waals surface area contributed by atoms with Gasteiger partial charge in [0.25, 0.3) is 0 Å². The van der Waals surface area contributed by atoms with Crippen LogP contribution in [0.2, 0.25) is 0 Å². The molecule has 2 aliphatic rings. The first-order chi connectivity index (χ1) is 12.2. The van der Waals surface area contributed by atoms with Crippen LogP contribution in [-0.4, -0.2) is 47.9 Å². The molecule has 1 saturated heterocycles. The van der Waals surface area contributed by atoms with Crippen molar-refractivity contribution in [1.82, 2.24) is 9.80 Å². The minimum atomic E-state index is 0.250. The maximum atomic E-state index is 12.6. The smallest absolute Gasteiger partial charge is 0.227 e. The van der Waals surface area contributed by atoms with Crippen LogP contribution in [0.3, 0.4) is 0 Å². The highest BCUT2D eigenvalue weighted by Gasteiger charge is 2.32. The zero-order valence-corrected chi connectivity index (χ0v) is 15.7. The summed E-state index contributed by atoms with van der Waals surface area (Å²) in [6.45, 7) is 2.19. The number of hydrogen-bond acceptors (Lipinski definition) is 3. The van der Waals surface area contributed by atoms with Crippen molar-refractivity contribution in [3.63, 3.8) is 0 Å². The number of fused-ring (bicyclic) bond motifs is 1. The van der Waals surface area contributed by atoms with E-state index in [0.29, 0.717) is 18.5 Å². The lowest BCUT2D eigenvalue weighted by molar-refractivity contribution is -0.132. The minimum Gasteiger partial charge on any atom is -0.341 e. The lowest BCUT2D eigenvalue weighted by atomic mass is 10.0. The van der Waals surface area contributed by atoms with Crippen molar-refractivity contribution in [2.75, 3.05) is 20.1 Å². The average Bonchev–Trinajstić information content (AvgIpc) is 3.30. The SMILES string of the molecule is CN(C(=O)Cc1ccsc1)[C@H]1CCCN(C2Cc3ccccc3C2)C1. The number of piperidine rings is 1. The number of carbonyl (C=O) groups is 1. The molecule has 1 aliphatic carbocycles. The van der Waals surface area contributed by atoms with E-state index in [2.05, 4.69) is 40.6 Å². The molecule has 2 aromatic rings. The van der Waals surface area contributed by atoms with Gasteiger partial charge in [-0.05, 0) is 65.7 Å². The van der Waals surface area contributed by atoms with Crippen LogP contribution < -0.4 is 0 Å². The van der Waals surface area contributed by atoms with Gasteiger partial charge in [-0.15, -0.1) is 0 Å². The van der Waals surface area contributed by atoms with Crippen LogP contribution >= 0.6 is 11.3 Å². The molecule has 0 N–H and O–H groups in total. The minimum absolute atomic E-state index is 0.250. The van der Waals surface area contributed by atoms with Crippen molar-refractivity contribution in [3.05, 3.63) is 57.8 Å². The fourth-order valence-corrected chi connectivity index (χ4v) is 4.99. The molecule has 1 aromatic carbocycles.